The van der Waals surface area contributed by atoms with Gasteiger partial charge < -0.3 is 9.84 Å². The number of amides is 1. The minimum absolute atomic E-state index is 0.0257. The number of nitrogens with zero attached hydrogens (tertiary/aromatic N) is 3. The van der Waals surface area contributed by atoms with Gasteiger partial charge >= 0.3 is 0 Å². The Hall–Kier alpha value is -1.64. The van der Waals surface area contributed by atoms with E-state index in [1.807, 2.05) is 12.1 Å². The van der Waals surface area contributed by atoms with E-state index in [9.17, 15) is 4.79 Å². The Balaban J connectivity index is 1.38. The first kappa shape index (κ1) is 22.6. The van der Waals surface area contributed by atoms with Gasteiger partial charge in [0.15, 0.2) is 0 Å². The van der Waals surface area contributed by atoms with E-state index in [1.54, 1.807) is 24.3 Å². The summed E-state index contributed by atoms with van der Waals surface area (Å²) in [6.07, 6.45) is 1.73. The Kier molecular flexibility index (Phi) is 7.19. The summed E-state index contributed by atoms with van der Waals surface area (Å²) in [4.78, 5) is 19.3. The van der Waals surface area contributed by atoms with E-state index < -0.39 is 0 Å². The van der Waals surface area contributed by atoms with Crippen molar-refractivity contribution in [2.24, 2.45) is 5.92 Å². The maximum Gasteiger partial charge on any atom is 0.241 e. The summed E-state index contributed by atoms with van der Waals surface area (Å²) >= 11 is 21.6. The first-order valence-electron chi connectivity index (χ1n) is 9.65. The second-order valence-corrected chi connectivity index (χ2v) is 9.43. The van der Waals surface area contributed by atoms with Crippen molar-refractivity contribution in [1.29, 1.82) is 0 Å². The van der Waals surface area contributed by atoms with Crippen molar-refractivity contribution < 1.29 is 9.32 Å². The van der Waals surface area contributed by atoms with E-state index in [0.29, 0.717) is 51.1 Å². The van der Waals surface area contributed by atoms with E-state index in [-0.39, 0.29) is 11.8 Å². The molecule has 1 aliphatic heterocycles. The Bertz CT molecular complexity index is 1110. The van der Waals surface area contributed by atoms with Crippen LogP contribution in [0.15, 0.2) is 45.4 Å². The highest BCUT2D eigenvalue weighted by molar-refractivity contribution is 9.10. The molecule has 10 heteroatoms. The van der Waals surface area contributed by atoms with E-state index >= 15 is 0 Å². The molecule has 31 heavy (non-hydrogen) atoms. The van der Waals surface area contributed by atoms with Crippen LogP contribution in [0.25, 0.3) is 11.4 Å². The number of carbonyl (C=O) groups excluding carboxylic acids is 1. The third-order valence-corrected chi connectivity index (χ3v) is 6.84. The molecule has 1 amide bonds. The zero-order valence-electron chi connectivity index (χ0n) is 16.2. The molecule has 1 unspecified atom stereocenters. The molecular formula is C21H18BrCl3N4O2. The molecule has 1 fully saturated rings. The molecule has 1 N–H and O–H groups in total. The summed E-state index contributed by atoms with van der Waals surface area (Å²) in [7, 11) is 0. The molecular weight excluding hydrogens is 527 g/mol. The number of rotatable bonds is 5. The summed E-state index contributed by atoms with van der Waals surface area (Å²) in [6.45, 7) is 1.93. The van der Waals surface area contributed by atoms with Crippen LogP contribution in [-0.2, 0) is 11.3 Å². The van der Waals surface area contributed by atoms with Gasteiger partial charge in [-0.05, 0) is 71.7 Å². The first-order chi connectivity index (χ1) is 14.9. The molecule has 162 valence electrons. The van der Waals surface area contributed by atoms with Crippen LogP contribution in [0.3, 0.4) is 0 Å². The van der Waals surface area contributed by atoms with Crippen LogP contribution in [-0.4, -0.2) is 34.0 Å². The van der Waals surface area contributed by atoms with Crippen molar-refractivity contribution in [3.05, 3.63) is 61.8 Å². The zero-order chi connectivity index (χ0) is 22.0. The van der Waals surface area contributed by atoms with Gasteiger partial charge in [-0.2, -0.15) is 4.98 Å². The van der Waals surface area contributed by atoms with Gasteiger partial charge in [0.2, 0.25) is 17.6 Å². The zero-order valence-corrected chi connectivity index (χ0v) is 20.1. The second-order valence-electron chi connectivity index (χ2n) is 7.33. The number of halogens is 4. The maximum absolute atomic E-state index is 12.7. The third-order valence-electron chi connectivity index (χ3n) is 5.06. The number of carbonyl (C=O) groups is 1. The molecule has 3 aromatic rings. The number of aromatic nitrogens is 2. The fourth-order valence-electron chi connectivity index (χ4n) is 3.52. The standard InChI is InChI=1S/C21H18BrCl3N4O2/c22-16-6-4-14(9-18(16)25)26-21(30)12-2-1-7-29(10-12)11-19-27-20(28-31-19)15-5-3-13(23)8-17(15)24/h3-6,8-9,12H,1-2,7,10-11H2,(H,26,30). The van der Waals surface area contributed by atoms with Crippen molar-refractivity contribution in [2.45, 2.75) is 19.4 Å². The second kappa shape index (κ2) is 9.88. The molecule has 4 rings (SSSR count). The topological polar surface area (TPSA) is 71.3 Å². The molecule has 0 saturated carbocycles. The predicted octanol–water partition coefficient (Wildman–Crippen LogP) is 6.31. The molecule has 2 heterocycles. The number of hydrogen-bond acceptors (Lipinski definition) is 5. The molecule has 0 spiro atoms. The van der Waals surface area contributed by atoms with Crippen molar-refractivity contribution in [1.82, 2.24) is 15.0 Å². The normalized spacial score (nSPS) is 17.0. The number of nitrogens with one attached hydrogen (secondary N) is 1. The van der Waals surface area contributed by atoms with Gasteiger partial charge in [-0.25, -0.2) is 0 Å². The average Bonchev–Trinajstić information content (AvgIpc) is 3.19. The molecule has 6 nitrogen and oxygen atoms in total. The lowest BCUT2D eigenvalue weighted by molar-refractivity contribution is -0.121. The van der Waals surface area contributed by atoms with Crippen LogP contribution in [0.5, 0.6) is 0 Å². The average molecular weight is 545 g/mol. The quantitative estimate of drug-likeness (QED) is 0.408. The fourth-order valence-corrected chi connectivity index (χ4v) is 4.44. The highest BCUT2D eigenvalue weighted by Gasteiger charge is 2.27. The van der Waals surface area contributed by atoms with Crippen LogP contribution >= 0.6 is 50.7 Å². The summed E-state index contributed by atoms with van der Waals surface area (Å²) in [5.74, 6) is 0.725. The van der Waals surface area contributed by atoms with E-state index in [4.69, 9.17) is 39.3 Å². The van der Waals surface area contributed by atoms with Gasteiger partial charge in [-0.3, -0.25) is 9.69 Å². The Morgan fingerprint density at radius 1 is 1.19 bits per heavy atom. The van der Waals surface area contributed by atoms with Crippen LogP contribution in [0.1, 0.15) is 18.7 Å². The van der Waals surface area contributed by atoms with Crippen molar-refractivity contribution in [2.75, 3.05) is 18.4 Å². The highest BCUT2D eigenvalue weighted by Crippen LogP contribution is 2.29. The van der Waals surface area contributed by atoms with Gasteiger partial charge in [0.25, 0.3) is 0 Å². The number of likely N-dealkylation sites (tertiary alicyclic amines) is 1. The smallest absolute Gasteiger partial charge is 0.241 e. The van der Waals surface area contributed by atoms with Gasteiger partial charge in [-0.1, -0.05) is 40.0 Å². The van der Waals surface area contributed by atoms with Gasteiger partial charge in [-0.15, -0.1) is 0 Å². The van der Waals surface area contributed by atoms with Crippen molar-refractivity contribution >= 4 is 62.3 Å². The van der Waals surface area contributed by atoms with Gasteiger partial charge in [0.1, 0.15) is 0 Å². The minimum atomic E-state index is -0.135. The lowest BCUT2D eigenvalue weighted by Crippen LogP contribution is -2.40. The Morgan fingerprint density at radius 3 is 2.81 bits per heavy atom. The first-order valence-corrected chi connectivity index (χ1v) is 11.6. The predicted molar refractivity (Wildman–Crippen MR) is 126 cm³/mol. The minimum Gasteiger partial charge on any atom is -0.338 e. The highest BCUT2D eigenvalue weighted by atomic mass is 79.9. The lowest BCUT2D eigenvalue weighted by Gasteiger charge is -2.30. The summed E-state index contributed by atoms with van der Waals surface area (Å²) < 4.78 is 6.20. The van der Waals surface area contributed by atoms with Gasteiger partial charge in [0, 0.05) is 27.3 Å². The van der Waals surface area contributed by atoms with E-state index in [1.165, 1.54) is 0 Å². The van der Waals surface area contributed by atoms with Crippen LogP contribution in [0.4, 0.5) is 5.69 Å². The fraction of sp³-hybridized carbons (Fsp3) is 0.286. The monoisotopic (exact) mass is 542 g/mol. The summed E-state index contributed by atoms with van der Waals surface area (Å²) in [5.41, 5.74) is 1.34. The largest absolute Gasteiger partial charge is 0.338 e. The summed E-state index contributed by atoms with van der Waals surface area (Å²) in [5, 5.41) is 8.54. The van der Waals surface area contributed by atoms with Crippen LogP contribution < -0.4 is 5.32 Å². The Morgan fingerprint density at radius 2 is 2.03 bits per heavy atom. The molecule has 0 radical (unpaired) electrons. The molecule has 1 atom stereocenters. The van der Waals surface area contributed by atoms with E-state index in [2.05, 4.69) is 36.3 Å². The van der Waals surface area contributed by atoms with Crippen molar-refractivity contribution in [3.8, 4) is 11.4 Å². The van der Waals surface area contributed by atoms with Crippen molar-refractivity contribution in [3.63, 3.8) is 0 Å². The number of hydrogen-bond donors (Lipinski definition) is 1. The van der Waals surface area contributed by atoms with Gasteiger partial charge in [0.05, 0.1) is 22.5 Å². The third kappa shape index (κ3) is 5.59. The molecule has 1 saturated heterocycles. The Labute approximate surface area is 203 Å². The number of benzene rings is 2. The van der Waals surface area contributed by atoms with Crippen LogP contribution in [0, 0.1) is 5.92 Å². The lowest BCUT2D eigenvalue weighted by atomic mass is 9.97. The molecule has 0 aliphatic carbocycles. The SMILES string of the molecule is O=C(Nc1ccc(Br)c(Cl)c1)C1CCCN(Cc2nc(-c3ccc(Cl)cc3Cl)no2)C1. The maximum atomic E-state index is 12.7. The molecule has 1 aliphatic rings. The molecule has 0 bridgehead atoms. The van der Waals surface area contributed by atoms with Crippen LogP contribution in [0.2, 0.25) is 15.1 Å². The van der Waals surface area contributed by atoms with E-state index in [0.717, 1.165) is 23.9 Å². The number of piperidine rings is 1. The summed E-state index contributed by atoms with van der Waals surface area (Å²) in [6, 6.07) is 10.5. The molecule has 2 aromatic carbocycles. The number of anilines is 1. The molecule has 1 aromatic heterocycles.